The molecule has 0 bridgehead atoms. The number of hydrogen-bond acceptors (Lipinski definition) is 5. The molecule has 4 nitrogen and oxygen atoms in total. The highest BCUT2D eigenvalue weighted by atomic mass is 35.5. The lowest BCUT2D eigenvalue weighted by Crippen LogP contribution is -1.90. The van der Waals surface area contributed by atoms with E-state index < -0.39 is 0 Å². The average molecular weight is 359 g/mol. The molecule has 0 radical (unpaired) electrons. The van der Waals surface area contributed by atoms with Crippen molar-refractivity contribution in [3.05, 3.63) is 58.8 Å². The maximum absolute atomic E-state index is 5.95. The number of hydrogen-bond donors (Lipinski definition) is 0. The summed E-state index contributed by atoms with van der Waals surface area (Å²) in [7, 11) is 0. The van der Waals surface area contributed by atoms with Crippen LogP contribution in [-0.2, 0) is 0 Å². The fourth-order valence-electron chi connectivity index (χ4n) is 2.14. The Morgan fingerprint density at radius 2 is 1.13 bits per heavy atom. The highest BCUT2D eigenvalue weighted by Gasteiger charge is 2.06. The van der Waals surface area contributed by atoms with E-state index in [1.807, 2.05) is 12.1 Å². The number of benzene rings is 2. The largest absolute Gasteiger partial charge is 0.252 e. The van der Waals surface area contributed by atoms with Crippen molar-refractivity contribution in [3.63, 3.8) is 0 Å². The zero-order valence-corrected chi connectivity index (χ0v) is 13.9. The van der Waals surface area contributed by atoms with Crippen molar-refractivity contribution in [2.75, 3.05) is 0 Å². The lowest BCUT2D eigenvalue weighted by atomic mass is 10.3. The minimum atomic E-state index is 0.645. The predicted molar refractivity (Wildman–Crippen MR) is 93.2 cm³/mol. The van der Waals surface area contributed by atoms with Gasteiger partial charge in [0.15, 0.2) is 0 Å². The van der Waals surface area contributed by atoms with Gasteiger partial charge in [0, 0.05) is 10.0 Å². The van der Waals surface area contributed by atoms with E-state index in [1.165, 1.54) is 11.8 Å². The van der Waals surface area contributed by atoms with Gasteiger partial charge in [-0.3, -0.25) is 9.97 Å². The fourth-order valence-corrected chi connectivity index (χ4v) is 3.19. The predicted octanol–water partition coefficient (Wildman–Crippen LogP) is 5.03. The molecule has 0 atom stereocenters. The summed E-state index contributed by atoms with van der Waals surface area (Å²) in [5, 5.41) is 2.79. The second-order valence-electron chi connectivity index (χ2n) is 4.78. The summed E-state index contributed by atoms with van der Waals surface area (Å²) in [6, 6.07) is 10.9. The van der Waals surface area contributed by atoms with Crippen LogP contribution in [0.25, 0.3) is 22.1 Å². The molecule has 0 unspecified atom stereocenters. The summed E-state index contributed by atoms with van der Waals surface area (Å²) >= 11 is 13.3. The quantitative estimate of drug-likeness (QED) is 0.502. The van der Waals surface area contributed by atoms with E-state index in [2.05, 4.69) is 19.9 Å². The third-order valence-electron chi connectivity index (χ3n) is 3.17. The molecule has 0 aliphatic carbocycles. The van der Waals surface area contributed by atoms with E-state index in [1.54, 1.807) is 36.7 Å². The van der Waals surface area contributed by atoms with Crippen LogP contribution in [0.5, 0.6) is 0 Å². The van der Waals surface area contributed by atoms with Crippen molar-refractivity contribution in [1.29, 1.82) is 0 Å². The third-order valence-corrected chi connectivity index (χ3v) is 4.46. The van der Waals surface area contributed by atoms with E-state index in [4.69, 9.17) is 23.2 Å². The Balaban J connectivity index is 1.69. The van der Waals surface area contributed by atoms with Gasteiger partial charge >= 0.3 is 0 Å². The molecule has 7 heteroatoms. The monoisotopic (exact) mass is 358 g/mol. The summed E-state index contributed by atoms with van der Waals surface area (Å²) in [6.07, 6.45) is 3.41. The molecule has 0 N–H and O–H groups in total. The van der Waals surface area contributed by atoms with Crippen molar-refractivity contribution in [3.8, 4) is 0 Å². The van der Waals surface area contributed by atoms with Crippen molar-refractivity contribution in [1.82, 2.24) is 19.9 Å². The standard InChI is InChI=1S/C16H8Cl2N4S/c17-9-1-3-11-13(5-9)19-7-15(21-11)23-16-8-20-14-6-10(18)2-4-12(14)22-16/h1-8H. The molecule has 0 spiro atoms. The van der Waals surface area contributed by atoms with Gasteiger partial charge in [-0.2, -0.15) is 0 Å². The first-order valence-electron chi connectivity index (χ1n) is 6.70. The van der Waals surface area contributed by atoms with Crippen molar-refractivity contribution < 1.29 is 0 Å². The van der Waals surface area contributed by atoms with Crippen LogP contribution in [0.1, 0.15) is 0 Å². The second-order valence-corrected chi connectivity index (χ2v) is 6.70. The zero-order chi connectivity index (χ0) is 15.8. The van der Waals surface area contributed by atoms with Crippen molar-refractivity contribution >= 4 is 57.0 Å². The van der Waals surface area contributed by atoms with Crippen molar-refractivity contribution in [2.45, 2.75) is 10.1 Å². The first-order valence-corrected chi connectivity index (χ1v) is 8.27. The van der Waals surface area contributed by atoms with Crippen LogP contribution in [0.4, 0.5) is 0 Å². The highest BCUT2D eigenvalue weighted by Crippen LogP contribution is 2.27. The minimum absolute atomic E-state index is 0.645. The lowest BCUT2D eigenvalue weighted by molar-refractivity contribution is 1.08. The Bertz CT molecular complexity index is 956. The Kier molecular flexibility index (Phi) is 3.77. The van der Waals surface area contributed by atoms with Crippen LogP contribution in [0.2, 0.25) is 10.0 Å². The smallest absolute Gasteiger partial charge is 0.121 e. The van der Waals surface area contributed by atoms with Crippen LogP contribution in [0, 0.1) is 0 Å². The van der Waals surface area contributed by atoms with Gasteiger partial charge in [-0.05, 0) is 48.2 Å². The second kappa shape index (κ2) is 5.92. The number of nitrogens with zero attached hydrogens (tertiary/aromatic N) is 4. The molecule has 0 aliphatic heterocycles. The Labute approximate surface area is 145 Å². The van der Waals surface area contributed by atoms with Gasteiger partial charge in [0.25, 0.3) is 0 Å². The molecular formula is C16H8Cl2N4S. The van der Waals surface area contributed by atoms with Crippen LogP contribution < -0.4 is 0 Å². The first-order chi connectivity index (χ1) is 11.2. The van der Waals surface area contributed by atoms with Gasteiger partial charge < -0.3 is 0 Å². The molecule has 2 aromatic carbocycles. The highest BCUT2D eigenvalue weighted by molar-refractivity contribution is 7.99. The fraction of sp³-hybridized carbons (Fsp3) is 0. The molecule has 0 fully saturated rings. The van der Waals surface area contributed by atoms with Gasteiger partial charge in [-0.25, -0.2) is 9.97 Å². The van der Waals surface area contributed by atoms with Gasteiger partial charge in [0.2, 0.25) is 0 Å². The normalized spacial score (nSPS) is 11.2. The van der Waals surface area contributed by atoms with E-state index in [-0.39, 0.29) is 0 Å². The summed E-state index contributed by atoms with van der Waals surface area (Å²) in [5.41, 5.74) is 3.11. The summed E-state index contributed by atoms with van der Waals surface area (Å²) in [5.74, 6) is 0. The molecule has 4 rings (SSSR count). The number of rotatable bonds is 2. The molecule has 112 valence electrons. The van der Waals surface area contributed by atoms with Crippen LogP contribution in [0.15, 0.2) is 58.8 Å². The molecule has 0 saturated carbocycles. The maximum atomic E-state index is 5.95. The van der Waals surface area contributed by atoms with E-state index in [0.29, 0.717) is 10.0 Å². The molecular weight excluding hydrogens is 351 g/mol. The van der Waals surface area contributed by atoms with Gasteiger partial charge in [-0.1, -0.05) is 23.2 Å². The van der Waals surface area contributed by atoms with Crippen LogP contribution in [-0.4, -0.2) is 19.9 Å². The average Bonchev–Trinajstić information content (AvgIpc) is 2.55. The Hall–Kier alpha value is -1.95. The van der Waals surface area contributed by atoms with Crippen LogP contribution >= 0.6 is 35.0 Å². The van der Waals surface area contributed by atoms with Crippen molar-refractivity contribution in [2.24, 2.45) is 0 Å². The number of fused-ring (bicyclic) bond motifs is 2. The third kappa shape index (κ3) is 3.08. The van der Waals surface area contributed by atoms with Gasteiger partial charge in [0.1, 0.15) is 10.1 Å². The molecule has 4 aromatic rings. The number of aromatic nitrogens is 4. The molecule has 23 heavy (non-hydrogen) atoms. The van der Waals surface area contributed by atoms with Gasteiger partial charge in [-0.15, -0.1) is 0 Å². The summed E-state index contributed by atoms with van der Waals surface area (Å²) < 4.78 is 0. The van der Waals surface area contributed by atoms with Gasteiger partial charge in [0.05, 0.1) is 34.5 Å². The first kappa shape index (κ1) is 14.6. The Morgan fingerprint density at radius 3 is 1.61 bits per heavy atom. The molecule has 2 aromatic heterocycles. The molecule has 0 saturated heterocycles. The molecule has 0 aliphatic rings. The Morgan fingerprint density at radius 1 is 0.652 bits per heavy atom. The molecule has 2 heterocycles. The minimum Gasteiger partial charge on any atom is -0.252 e. The summed E-state index contributed by atoms with van der Waals surface area (Å²) in [6.45, 7) is 0. The zero-order valence-electron chi connectivity index (χ0n) is 11.6. The van der Waals surface area contributed by atoms with Crippen LogP contribution in [0.3, 0.4) is 0 Å². The van der Waals surface area contributed by atoms with E-state index >= 15 is 0 Å². The van der Waals surface area contributed by atoms with E-state index in [9.17, 15) is 0 Å². The SMILES string of the molecule is Clc1ccc2nc(Sc3cnc4cc(Cl)ccc4n3)cnc2c1. The maximum Gasteiger partial charge on any atom is 0.121 e. The lowest BCUT2D eigenvalue weighted by Gasteiger charge is -2.03. The summed E-state index contributed by atoms with van der Waals surface area (Å²) in [4.78, 5) is 17.9. The molecule has 0 amide bonds. The number of halogens is 2. The topological polar surface area (TPSA) is 51.6 Å². The van der Waals surface area contributed by atoms with E-state index in [0.717, 1.165) is 32.1 Å².